The van der Waals surface area contributed by atoms with E-state index < -0.39 is 16.4 Å². The third-order valence-corrected chi connectivity index (χ3v) is 2.99. The largest absolute Gasteiger partial charge is 0.456 e. The summed E-state index contributed by atoms with van der Waals surface area (Å²) >= 11 is 0. The quantitative estimate of drug-likeness (QED) is 0.676. The van der Waals surface area contributed by atoms with E-state index in [2.05, 4.69) is 10.3 Å². The third-order valence-electron chi connectivity index (χ3n) is 2.99. The fraction of sp³-hybridized carbons (Fsp3) is 0.214. The molecule has 0 aliphatic carbocycles. The van der Waals surface area contributed by atoms with E-state index in [1.54, 1.807) is 12.1 Å². The Morgan fingerprint density at radius 3 is 2.57 bits per heavy atom. The fourth-order valence-corrected chi connectivity index (χ4v) is 1.69. The molecule has 2 aromatic rings. The molecule has 1 unspecified atom stereocenters. The van der Waals surface area contributed by atoms with Crippen LogP contribution >= 0.6 is 0 Å². The maximum Gasteiger partial charge on any atom is 0.305 e. The summed E-state index contributed by atoms with van der Waals surface area (Å²) < 4.78 is 18.9. The molecule has 0 spiro atoms. The molecule has 0 aliphatic heterocycles. The summed E-state index contributed by atoms with van der Waals surface area (Å²) in [6.45, 7) is 1.97. The van der Waals surface area contributed by atoms with Crippen LogP contribution in [0.5, 0.6) is 11.5 Å². The predicted octanol–water partition coefficient (Wildman–Crippen LogP) is 3.20. The average Bonchev–Trinajstić information content (AvgIpc) is 2.47. The van der Waals surface area contributed by atoms with E-state index in [0.717, 1.165) is 17.8 Å². The number of nitro benzene ring substituents is 1. The van der Waals surface area contributed by atoms with E-state index in [9.17, 15) is 14.5 Å². The van der Waals surface area contributed by atoms with Gasteiger partial charge in [0.05, 0.1) is 16.8 Å². The Labute approximate surface area is 120 Å². The third kappa shape index (κ3) is 3.51. The Kier molecular flexibility index (Phi) is 4.44. The molecule has 1 heterocycles. The van der Waals surface area contributed by atoms with Crippen molar-refractivity contribution in [2.45, 2.75) is 13.0 Å². The highest BCUT2D eigenvalue weighted by molar-refractivity contribution is 5.39. The highest BCUT2D eigenvalue weighted by atomic mass is 19.1. The summed E-state index contributed by atoms with van der Waals surface area (Å²) in [5.74, 6) is -0.337. The summed E-state index contributed by atoms with van der Waals surface area (Å²) in [5, 5.41) is 13.6. The summed E-state index contributed by atoms with van der Waals surface area (Å²) in [5.41, 5.74) is 0.262. The van der Waals surface area contributed by atoms with Crippen molar-refractivity contribution in [3.63, 3.8) is 0 Å². The lowest BCUT2D eigenvalue weighted by Gasteiger charge is -2.10. The van der Waals surface area contributed by atoms with Crippen LogP contribution < -0.4 is 10.1 Å². The van der Waals surface area contributed by atoms with Crippen molar-refractivity contribution >= 4 is 5.69 Å². The molecule has 0 bridgehead atoms. The summed E-state index contributed by atoms with van der Waals surface area (Å²) in [6, 6.07) is 6.98. The van der Waals surface area contributed by atoms with Crippen molar-refractivity contribution in [2.24, 2.45) is 0 Å². The van der Waals surface area contributed by atoms with E-state index in [0.29, 0.717) is 5.75 Å². The van der Waals surface area contributed by atoms with Crippen molar-refractivity contribution in [1.29, 1.82) is 0 Å². The van der Waals surface area contributed by atoms with Crippen LogP contribution in [0.2, 0.25) is 0 Å². The van der Waals surface area contributed by atoms with Gasteiger partial charge in [-0.3, -0.25) is 15.1 Å². The minimum absolute atomic E-state index is 0.107. The number of hydrogen-bond acceptors (Lipinski definition) is 5. The van der Waals surface area contributed by atoms with Gasteiger partial charge < -0.3 is 10.1 Å². The van der Waals surface area contributed by atoms with Gasteiger partial charge in [-0.2, -0.15) is 4.39 Å². The van der Waals surface area contributed by atoms with Gasteiger partial charge in [-0.05, 0) is 32.2 Å². The van der Waals surface area contributed by atoms with Gasteiger partial charge in [0.25, 0.3) is 0 Å². The average molecular weight is 291 g/mol. The van der Waals surface area contributed by atoms with Crippen LogP contribution in [0.4, 0.5) is 10.1 Å². The molecule has 21 heavy (non-hydrogen) atoms. The number of nitrogens with one attached hydrogen (secondary N) is 1. The maximum atomic E-state index is 13.5. The number of ether oxygens (including phenoxy) is 1. The first kappa shape index (κ1) is 14.9. The molecule has 110 valence electrons. The van der Waals surface area contributed by atoms with E-state index >= 15 is 0 Å². The standard InChI is InChI=1S/C14H14FN3O3/c1-9(16-2)13-5-3-11(8-17-13)21-10-4-6-14(18(19)20)12(15)7-10/h3-9,16H,1-2H3. The minimum atomic E-state index is -0.939. The zero-order valence-corrected chi connectivity index (χ0v) is 11.5. The van der Waals surface area contributed by atoms with Gasteiger partial charge in [-0.15, -0.1) is 0 Å². The molecule has 1 N–H and O–H groups in total. The van der Waals surface area contributed by atoms with Crippen LogP contribution in [-0.4, -0.2) is 17.0 Å². The van der Waals surface area contributed by atoms with E-state index in [1.807, 2.05) is 14.0 Å². The van der Waals surface area contributed by atoms with Crippen LogP contribution in [0.1, 0.15) is 18.7 Å². The number of halogens is 1. The van der Waals surface area contributed by atoms with Gasteiger partial charge >= 0.3 is 5.69 Å². The second-order valence-corrected chi connectivity index (χ2v) is 4.40. The van der Waals surface area contributed by atoms with Gasteiger partial charge in [0, 0.05) is 18.2 Å². The number of benzene rings is 1. The fourth-order valence-electron chi connectivity index (χ4n) is 1.69. The second kappa shape index (κ2) is 6.27. The Morgan fingerprint density at radius 1 is 1.33 bits per heavy atom. The molecular formula is C14H14FN3O3. The number of hydrogen-bond donors (Lipinski definition) is 1. The molecule has 0 saturated heterocycles. The monoisotopic (exact) mass is 291 g/mol. The summed E-state index contributed by atoms with van der Waals surface area (Å²) in [7, 11) is 1.83. The van der Waals surface area contributed by atoms with Crippen LogP contribution in [0.3, 0.4) is 0 Å². The van der Waals surface area contributed by atoms with E-state index in [4.69, 9.17) is 4.74 Å². The second-order valence-electron chi connectivity index (χ2n) is 4.40. The van der Waals surface area contributed by atoms with Gasteiger partial charge in [-0.25, -0.2) is 0 Å². The zero-order valence-electron chi connectivity index (χ0n) is 11.5. The lowest BCUT2D eigenvalue weighted by Crippen LogP contribution is -2.13. The van der Waals surface area contributed by atoms with Gasteiger partial charge in [0.1, 0.15) is 11.5 Å². The molecule has 0 saturated carbocycles. The number of nitro groups is 1. The highest BCUT2D eigenvalue weighted by Crippen LogP contribution is 2.26. The molecule has 1 atom stereocenters. The molecule has 2 rings (SSSR count). The topological polar surface area (TPSA) is 77.3 Å². The molecule has 0 aliphatic rings. The molecule has 1 aromatic carbocycles. The molecular weight excluding hydrogens is 277 g/mol. The lowest BCUT2D eigenvalue weighted by atomic mass is 10.2. The molecule has 7 heteroatoms. The lowest BCUT2D eigenvalue weighted by molar-refractivity contribution is -0.387. The summed E-state index contributed by atoms with van der Waals surface area (Å²) in [6.07, 6.45) is 1.52. The number of rotatable bonds is 5. The number of pyridine rings is 1. The van der Waals surface area contributed by atoms with E-state index in [-0.39, 0.29) is 11.8 Å². The van der Waals surface area contributed by atoms with Gasteiger partial charge in [-0.1, -0.05) is 0 Å². The molecule has 0 fully saturated rings. The van der Waals surface area contributed by atoms with Gasteiger partial charge in [0.2, 0.25) is 5.82 Å². The Hall–Kier alpha value is -2.54. The van der Waals surface area contributed by atoms with Crippen LogP contribution in [0.25, 0.3) is 0 Å². The summed E-state index contributed by atoms with van der Waals surface area (Å²) in [4.78, 5) is 14.0. The Morgan fingerprint density at radius 2 is 2.05 bits per heavy atom. The highest BCUT2D eigenvalue weighted by Gasteiger charge is 2.14. The minimum Gasteiger partial charge on any atom is -0.456 e. The van der Waals surface area contributed by atoms with Crippen molar-refractivity contribution in [3.8, 4) is 11.5 Å². The van der Waals surface area contributed by atoms with Crippen molar-refractivity contribution in [1.82, 2.24) is 10.3 Å². The zero-order chi connectivity index (χ0) is 15.4. The molecule has 0 amide bonds. The SMILES string of the molecule is CNC(C)c1ccc(Oc2ccc([N+](=O)[O-])c(F)c2)cn1. The number of aromatic nitrogens is 1. The Balaban J connectivity index is 2.15. The van der Waals surface area contributed by atoms with Crippen molar-refractivity contribution in [3.05, 3.63) is 58.2 Å². The normalized spacial score (nSPS) is 12.0. The smallest absolute Gasteiger partial charge is 0.305 e. The first-order chi connectivity index (χ1) is 10.0. The van der Waals surface area contributed by atoms with E-state index in [1.165, 1.54) is 12.3 Å². The predicted molar refractivity (Wildman–Crippen MR) is 74.8 cm³/mol. The molecule has 1 aromatic heterocycles. The maximum absolute atomic E-state index is 13.5. The molecule has 6 nitrogen and oxygen atoms in total. The van der Waals surface area contributed by atoms with Gasteiger partial charge in [0.15, 0.2) is 0 Å². The molecule has 0 radical (unpaired) electrons. The first-order valence-electron chi connectivity index (χ1n) is 6.26. The van der Waals surface area contributed by atoms with Crippen LogP contribution in [0, 0.1) is 15.9 Å². The van der Waals surface area contributed by atoms with Crippen molar-refractivity contribution in [2.75, 3.05) is 7.05 Å². The number of nitrogens with zero attached hydrogens (tertiary/aromatic N) is 2. The van der Waals surface area contributed by atoms with Crippen LogP contribution in [0.15, 0.2) is 36.5 Å². The van der Waals surface area contributed by atoms with Crippen LogP contribution in [-0.2, 0) is 0 Å². The first-order valence-corrected chi connectivity index (χ1v) is 6.26. The Bertz CT molecular complexity index is 646. The van der Waals surface area contributed by atoms with Crippen molar-refractivity contribution < 1.29 is 14.1 Å².